The normalized spacial score (nSPS) is 10.8. The molecule has 1 aromatic heterocycles. The van der Waals surface area contributed by atoms with Gasteiger partial charge in [0.15, 0.2) is 0 Å². The van der Waals surface area contributed by atoms with Gasteiger partial charge in [-0.15, -0.1) is 11.3 Å². The molecule has 0 aliphatic rings. The van der Waals surface area contributed by atoms with Gasteiger partial charge in [0.25, 0.3) is 0 Å². The quantitative estimate of drug-likeness (QED) is 0.824. The van der Waals surface area contributed by atoms with Crippen LogP contribution in [0.1, 0.15) is 18.7 Å². The van der Waals surface area contributed by atoms with E-state index < -0.39 is 0 Å². The number of amides is 1. The summed E-state index contributed by atoms with van der Waals surface area (Å²) in [6, 6.07) is 14.6. The number of thiophene rings is 1. The fraction of sp³-hybridized carbons (Fsp3) is 0.353. The van der Waals surface area contributed by atoms with Crippen molar-refractivity contribution < 1.29 is 4.79 Å². The van der Waals surface area contributed by atoms with E-state index in [2.05, 4.69) is 48.7 Å². The van der Waals surface area contributed by atoms with Gasteiger partial charge in [0.05, 0.1) is 6.54 Å². The van der Waals surface area contributed by atoms with E-state index in [1.165, 1.54) is 15.3 Å². The standard InChI is InChI=1S/C17H22N2OS/c1-13(2)10-19-17(20)12-18-11-15-8-9-16(21-15)14-6-4-3-5-7-14/h3-9,13,18H,10-12H2,1-2H3,(H,19,20). The van der Waals surface area contributed by atoms with Gasteiger partial charge in [0, 0.05) is 22.8 Å². The van der Waals surface area contributed by atoms with E-state index in [0.29, 0.717) is 12.5 Å². The molecule has 0 aliphatic carbocycles. The Morgan fingerprint density at radius 1 is 1.14 bits per heavy atom. The maximum atomic E-state index is 11.6. The van der Waals surface area contributed by atoms with Gasteiger partial charge in [0.1, 0.15) is 0 Å². The topological polar surface area (TPSA) is 41.1 Å². The van der Waals surface area contributed by atoms with Crippen molar-refractivity contribution in [3.05, 3.63) is 47.3 Å². The van der Waals surface area contributed by atoms with Crippen LogP contribution in [0.15, 0.2) is 42.5 Å². The molecule has 1 heterocycles. The molecule has 112 valence electrons. The average Bonchev–Trinajstić information content (AvgIpc) is 2.95. The van der Waals surface area contributed by atoms with Crippen molar-refractivity contribution in [2.45, 2.75) is 20.4 Å². The molecular weight excluding hydrogens is 280 g/mol. The lowest BCUT2D eigenvalue weighted by Crippen LogP contribution is -2.35. The lowest BCUT2D eigenvalue weighted by Gasteiger charge is -2.07. The van der Waals surface area contributed by atoms with Crippen molar-refractivity contribution in [2.75, 3.05) is 13.1 Å². The first-order valence-corrected chi connectivity index (χ1v) is 8.08. The van der Waals surface area contributed by atoms with Crippen LogP contribution < -0.4 is 10.6 Å². The Bertz CT molecular complexity index is 563. The van der Waals surface area contributed by atoms with Crippen LogP contribution in [0.4, 0.5) is 0 Å². The lowest BCUT2D eigenvalue weighted by atomic mass is 10.2. The van der Waals surface area contributed by atoms with Crippen LogP contribution in [0.2, 0.25) is 0 Å². The van der Waals surface area contributed by atoms with Crippen LogP contribution >= 0.6 is 11.3 Å². The molecule has 1 amide bonds. The third kappa shape index (κ3) is 5.33. The lowest BCUT2D eigenvalue weighted by molar-refractivity contribution is -0.120. The summed E-state index contributed by atoms with van der Waals surface area (Å²) in [5.41, 5.74) is 1.24. The van der Waals surface area contributed by atoms with Gasteiger partial charge in [-0.3, -0.25) is 4.79 Å². The van der Waals surface area contributed by atoms with Gasteiger partial charge < -0.3 is 10.6 Å². The van der Waals surface area contributed by atoms with Gasteiger partial charge >= 0.3 is 0 Å². The summed E-state index contributed by atoms with van der Waals surface area (Å²) in [5, 5.41) is 6.09. The van der Waals surface area contributed by atoms with E-state index in [9.17, 15) is 4.79 Å². The molecule has 1 aromatic carbocycles. The second-order valence-corrected chi connectivity index (χ2v) is 6.60. The Morgan fingerprint density at radius 2 is 1.90 bits per heavy atom. The van der Waals surface area contributed by atoms with Crippen LogP contribution in [-0.2, 0) is 11.3 Å². The number of hydrogen-bond acceptors (Lipinski definition) is 3. The Hall–Kier alpha value is -1.65. The average molecular weight is 302 g/mol. The van der Waals surface area contributed by atoms with Crippen molar-refractivity contribution in [3.8, 4) is 10.4 Å². The fourth-order valence-electron chi connectivity index (χ4n) is 1.91. The predicted molar refractivity (Wildman–Crippen MR) is 89.3 cm³/mol. The molecule has 0 fully saturated rings. The highest BCUT2D eigenvalue weighted by Gasteiger charge is 2.04. The third-order valence-electron chi connectivity index (χ3n) is 3.01. The molecule has 4 heteroatoms. The van der Waals surface area contributed by atoms with Gasteiger partial charge in [-0.1, -0.05) is 44.2 Å². The van der Waals surface area contributed by atoms with Crippen LogP contribution in [-0.4, -0.2) is 19.0 Å². The van der Waals surface area contributed by atoms with Crippen molar-refractivity contribution in [1.82, 2.24) is 10.6 Å². The molecule has 0 bridgehead atoms. The Labute approximate surface area is 130 Å². The molecule has 0 saturated carbocycles. The van der Waals surface area contributed by atoms with Gasteiger partial charge in [-0.25, -0.2) is 0 Å². The second-order valence-electron chi connectivity index (χ2n) is 5.43. The Kier molecular flexibility index (Phi) is 5.96. The molecule has 21 heavy (non-hydrogen) atoms. The van der Waals surface area contributed by atoms with Crippen molar-refractivity contribution >= 4 is 17.2 Å². The second kappa shape index (κ2) is 7.96. The molecule has 0 aliphatic heterocycles. The maximum absolute atomic E-state index is 11.6. The number of nitrogens with one attached hydrogen (secondary N) is 2. The van der Waals surface area contributed by atoms with Crippen LogP contribution in [0.3, 0.4) is 0 Å². The Balaban J connectivity index is 1.77. The van der Waals surface area contributed by atoms with E-state index in [-0.39, 0.29) is 5.91 Å². The summed E-state index contributed by atoms with van der Waals surface area (Å²) in [7, 11) is 0. The van der Waals surface area contributed by atoms with Gasteiger partial charge in [0.2, 0.25) is 5.91 Å². The summed E-state index contributed by atoms with van der Waals surface area (Å²) < 4.78 is 0. The first-order chi connectivity index (χ1) is 10.1. The minimum atomic E-state index is 0.0588. The minimum absolute atomic E-state index is 0.0588. The van der Waals surface area contributed by atoms with Gasteiger partial charge in [-0.05, 0) is 23.6 Å². The van der Waals surface area contributed by atoms with Crippen LogP contribution in [0.5, 0.6) is 0 Å². The monoisotopic (exact) mass is 302 g/mol. The van der Waals surface area contributed by atoms with Crippen LogP contribution in [0.25, 0.3) is 10.4 Å². The summed E-state index contributed by atoms with van der Waals surface area (Å²) in [4.78, 5) is 14.1. The van der Waals surface area contributed by atoms with Crippen molar-refractivity contribution in [3.63, 3.8) is 0 Å². The Morgan fingerprint density at radius 3 is 2.62 bits per heavy atom. The first-order valence-electron chi connectivity index (χ1n) is 7.26. The zero-order valence-electron chi connectivity index (χ0n) is 12.6. The molecular formula is C17H22N2OS. The molecule has 2 N–H and O–H groups in total. The number of carbonyl (C=O) groups excluding carboxylic acids is 1. The predicted octanol–water partition coefficient (Wildman–Crippen LogP) is 3.28. The zero-order valence-corrected chi connectivity index (χ0v) is 13.4. The largest absolute Gasteiger partial charge is 0.355 e. The number of hydrogen-bond donors (Lipinski definition) is 2. The highest BCUT2D eigenvalue weighted by atomic mass is 32.1. The molecule has 0 saturated heterocycles. The molecule has 0 radical (unpaired) electrons. The van der Waals surface area contributed by atoms with E-state index in [0.717, 1.165) is 13.1 Å². The third-order valence-corrected chi connectivity index (χ3v) is 4.15. The summed E-state index contributed by atoms with van der Waals surface area (Å²) in [5.74, 6) is 0.545. The summed E-state index contributed by atoms with van der Waals surface area (Å²) >= 11 is 1.76. The number of rotatable bonds is 7. The fourth-order valence-corrected chi connectivity index (χ4v) is 2.89. The van der Waals surface area contributed by atoms with E-state index in [1.54, 1.807) is 11.3 Å². The summed E-state index contributed by atoms with van der Waals surface area (Å²) in [6.07, 6.45) is 0. The maximum Gasteiger partial charge on any atom is 0.233 e. The zero-order chi connectivity index (χ0) is 15.1. The SMILES string of the molecule is CC(C)CNC(=O)CNCc1ccc(-c2ccccc2)s1. The molecule has 3 nitrogen and oxygen atoms in total. The van der Waals surface area contributed by atoms with Crippen molar-refractivity contribution in [2.24, 2.45) is 5.92 Å². The first kappa shape index (κ1) is 15.7. The highest BCUT2D eigenvalue weighted by Crippen LogP contribution is 2.27. The van der Waals surface area contributed by atoms with Crippen molar-refractivity contribution in [1.29, 1.82) is 0 Å². The van der Waals surface area contributed by atoms with E-state index in [1.807, 2.05) is 18.2 Å². The molecule has 2 aromatic rings. The molecule has 0 spiro atoms. The van der Waals surface area contributed by atoms with E-state index >= 15 is 0 Å². The van der Waals surface area contributed by atoms with E-state index in [4.69, 9.17) is 0 Å². The number of benzene rings is 1. The smallest absolute Gasteiger partial charge is 0.233 e. The van der Waals surface area contributed by atoms with Crippen LogP contribution in [0, 0.1) is 5.92 Å². The highest BCUT2D eigenvalue weighted by molar-refractivity contribution is 7.15. The summed E-state index contributed by atoms with van der Waals surface area (Å²) in [6.45, 7) is 6.00. The molecule has 2 rings (SSSR count). The minimum Gasteiger partial charge on any atom is -0.355 e. The van der Waals surface area contributed by atoms with Gasteiger partial charge in [-0.2, -0.15) is 0 Å². The molecule has 0 atom stereocenters. The molecule has 0 unspecified atom stereocenters. The number of carbonyl (C=O) groups is 1.